The third-order valence-corrected chi connectivity index (χ3v) is 8.58. The maximum absolute atomic E-state index is 13.9. The summed E-state index contributed by atoms with van der Waals surface area (Å²) in [5.74, 6) is 1.77. The minimum absolute atomic E-state index is 0.0290. The number of esters is 1. The molecule has 0 fully saturated rings. The topological polar surface area (TPSA) is 83.4 Å². The highest BCUT2D eigenvalue weighted by molar-refractivity contribution is 9.10. The highest BCUT2D eigenvalue weighted by Crippen LogP contribution is 2.49. The van der Waals surface area contributed by atoms with Gasteiger partial charge in [-0.15, -0.1) is 0 Å². The highest BCUT2D eigenvalue weighted by Gasteiger charge is 2.46. The third-order valence-electron chi connectivity index (χ3n) is 7.22. The first kappa shape index (κ1) is 29.2. The standard InChI is InChI=1S/C30H34BrNO6S/c1-6-39-12-11-38-30(34)27-17(2)32-22-13-19(18-7-9-25(36-4)26(15-18)37-5)14-23(33)29(22)28(27)21-16-20(31)8-10-24(21)35-3/h7-10,15-16,19,27-28H,6,11-14H2,1-5H3/t19-,27?,28+/m1/s1. The Kier molecular flexibility index (Phi) is 9.77. The second kappa shape index (κ2) is 13.0. The Morgan fingerprint density at radius 2 is 1.74 bits per heavy atom. The number of halogens is 1. The summed E-state index contributed by atoms with van der Waals surface area (Å²) in [6.45, 7) is 4.22. The van der Waals surface area contributed by atoms with Gasteiger partial charge >= 0.3 is 5.97 Å². The first-order valence-corrected chi connectivity index (χ1v) is 14.9. The second-order valence-electron chi connectivity index (χ2n) is 9.46. The first-order valence-electron chi connectivity index (χ1n) is 12.9. The zero-order valence-corrected chi connectivity index (χ0v) is 25.3. The molecular formula is C30H34BrNO6S. The molecule has 0 aromatic heterocycles. The fourth-order valence-corrected chi connectivity index (χ4v) is 6.30. The number of hydrogen-bond donors (Lipinski definition) is 0. The van der Waals surface area contributed by atoms with E-state index in [2.05, 4.69) is 22.9 Å². The summed E-state index contributed by atoms with van der Waals surface area (Å²) in [4.78, 5) is 32.3. The highest BCUT2D eigenvalue weighted by atomic mass is 79.9. The largest absolute Gasteiger partial charge is 0.496 e. The number of carbonyl (C=O) groups is 2. The lowest BCUT2D eigenvalue weighted by molar-refractivity contribution is -0.145. The summed E-state index contributed by atoms with van der Waals surface area (Å²) in [6, 6.07) is 11.4. The first-order chi connectivity index (χ1) is 18.8. The Bertz CT molecular complexity index is 1310. The Labute approximate surface area is 242 Å². The Morgan fingerprint density at radius 3 is 2.44 bits per heavy atom. The predicted octanol–water partition coefficient (Wildman–Crippen LogP) is 6.35. The van der Waals surface area contributed by atoms with Gasteiger partial charge in [0.15, 0.2) is 17.3 Å². The quantitative estimate of drug-likeness (QED) is 0.227. The summed E-state index contributed by atoms with van der Waals surface area (Å²) in [5.41, 5.74) is 3.65. The molecule has 1 aliphatic carbocycles. The van der Waals surface area contributed by atoms with Crippen molar-refractivity contribution in [2.45, 2.75) is 38.5 Å². The molecule has 0 bridgehead atoms. The molecule has 0 amide bonds. The molecule has 39 heavy (non-hydrogen) atoms. The van der Waals surface area contributed by atoms with Crippen LogP contribution < -0.4 is 14.2 Å². The predicted molar refractivity (Wildman–Crippen MR) is 158 cm³/mol. The number of Topliss-reactive ketones (excluding diaryl/α,β-unsaturated/α-hetero) is 1. The number of thioether (sulfide) groups is 1. The van der Waals surface area contributed by atoms with Crippen LogP contribution in [0.3, 0.4) is 0 Å². The molecule has 208 valence electrons. The molecule has 2 aliphatic rings. The van der Waals surface area contributed by atoms with Gasteiger partial charge in [-0.05, 0) is 60.9 Å². The number of ether oxygens (including phenoxy) is 4. The molecule has 2 aromatic rings. The van der Waals surface area contributed by atoms with Crippen molar-refractivity contribution < 1.29 is 28.5 Å². The summed E-state index contributed by atoms with van der Waals surface area (Å²) in [7, 11) is 4.79. The van der Waals surface area contributed by atoms with Crippen molar-refractivity contribution >= 4 is 45.2 Å². The number of rotatable bonds is 10. The summed E-state index contributed by atoms with van der Waals surface area (Å²) >= 11 is 5.27. The molecule has 7 nitrogen and oxygen atoms in total. The average molecular weight is 617 g/mol. The fourth-order valence-electron chi connectivity index (χ4n) is 5.43. The number of aliphatic imine (C=N–C) groups is 1. The maximum Gasteiger partial charge on any atom is 0.315 e. The van der Waals surface area contributed by atoms with Gasteiger partial charge < -0.3 is 18.9 Å². The smallest absolute Gasteiger partial charge is 0.315 e. The number of allylic oxidation sites excluding steroid dienone is 2. The molecule has 0 saturated carbocycles. The molecule has 0 saturated heterocycles. The molecular weight excluding hydrogens is 582 g/mol. The molecule has 9 heteroatoms. The van der Waals surface area contributed by atoms with Crippen LogP contribution in [-0.4, -0.2) is 56.9 Å². The van der Waals surface area contributed by atoms with Gasteiger partial charge in [0.2, 0.25) is 0 Å². The fraction of sp³-hybridized carbons (Fsp3) is 0.433. The Morgan fingerprint density at radius 1 is 1.03 bits per heavy atom. The van der Waals surface area contributed by atoms with E-state index in [0.29, 0.717) is 53.7 Å². The van der Waals surface area contributed by atoms with Crippen LogP contribution >= 0.6 is 27.7 Å². The van der Waals surface area contributed by atoms with Gasteiger partial charge in [0.1, 0.15) is 18.3 Å². The molecule has 1 unspecified atom stereocenters. The Balaban J connectivity index is 1.77. The average Bonchev–Trinajstić information content (AvgIpc) is 2.93. The number of carbonyl (C=O) groups excluding carboxylic acids is 2. The van der Waals surface area contributed by atoms with E-state index in [9.17, 15) is 9.59 Å². The normalized spacial score (nSPS) is 20.7. The van der Waals surface area contributed by atoms with Crippen molar-refractivity contribution in [1.82, 2.24) is 0 Å². The molecule has 1 heterocycles. The lowest BCUT2D eigenvalue weighted by Gasteiger charge is -2.37. The maximum atomic E-state index is 13.9. The van der Waals surface area contributed by atoms with Gasteiger partial charge in [-0.1, -0.05) is 28.9 Å². The zero-order valence-electron chi connectivity index (χ0n) is 22.9. The van der Waals surface area contributed by atoms with Gasteiger partial charge in [0.05, 0.1) is 21.3 Å². The van der Waals surface area contributed by atoms with E-state index in [1.807, 2.05) is 43.3 Å². The van der Waals surface area contributed by atoms with Crippen molar-refractivity contribution in [2.75, 3.05) is 39.4 Å². The molecule has 0 N–H and O–H groups in total. The monoisotopic (exact) mass is 615 g/mol. The van der Waals surface area contributed by atoms with Crippen LogP contribution in [-0.2, 0) is 14.3 Å². The van der Waals surface area contributed by atoms with Crippen LogP contribution in [0.25, 0.3) is 0 Å². The van der Waals surface area contributed by atoms with Crippen LogP contribution in [0.4, 0.5) is 0 Å². The number of nitrogens with zero attached hydrogens (tertiary/aromatic N) is 1. The van der Waals surface area contributed by atoms with E-state index in [4.69, 9.17) is 23.9 Å². The summed E-state index contributed by atoms with van der Waals surface area (Å²) < 4.78 is 23.1. The second-order valence-corrected chi connectivity index (χ2v) is 11.8. The minimum Gasteiger partial charge on any atom is -0.496 e. The Hall–Kier alpha value is -2.78. The number of hydrogen-bond acceptors (Lipinski definition) is 8. The van der Waals surface area contributed by atoms with E-state index in [0.717, 1.165) is 27.1 Å². The molecule has 2 aromatic carbocycles. The molecule has 0 radical (unpaired) electrons. The van der Waals surface area contributed by atoms with Crippen molar-refractivity contribution in [3.05, 3.63) is 63.3 Å². The van der Waals surface area contributed by atoms with Crippen LogP contribution in [0.5, 0.6) is 17.2 Å². The summed E-state index contributed by atoms with van der Waals surface area (Å²) in [6.07, 6.45) is 0.861. The molecule has 1 aliphatic heterocycles. The van der Waals surface area contributed by atoms with Crippen molar-refractivity contribution in [2.24, 2.45) is 10.9 Å². The number of methoxy groups -OCH3 is 3. The number of ketones is 1. The summed E-state index contributed by atoms with van der Waals surface area (Å²) in [5, 5.41) is 0. The van der Waals surface area contributed by atoms with E-state index in [-0.39, 0.29) is 17.7 Å². The van der Waals surface area contributed by atoms with Crippen molar-refractivity contribution in [1.29, 1.82) is 0 Å². The van der Waals surface area contributed by atoms with E-state index >= 15 is 0 Å². The molecule has 4 rings (SSSR count). The molecule has 3 atom stereocenters. The van der Waals surface area contributed by atoms with Crippen LogP contribution in [0.15, 0.2) is 57.1 Å². The van der Waals surface area contributed by atoms with Gasteiger partial charge in [-0.25, -0.2) is 0 Å². The third kappa shape index (κ3) is 6.19. The van der Waals surface area contributed by atoms with Gasteiger partial charge in [-0.2, -0.15) is 11.8 Å². The molecule has 0 spiro atoms. The zero-order chi connectivity index (χ0) is 28.1. The van der Waals surface area contributed by atoms with Crippen LogP contribution in [0.1, 0.15) is 49.7 Å². The van der Waals surface area contributed by atoms with E-state index in [1.165, 1.54) is 0 Å². The van der Waals surface area contributed by atoms with Crippen molar-refractivity contribution in [3.63, 3.8) is 0 Å². The lowest BCUT2D eigenvalue weighted by atomic mass is 9.69. The van der Waals surface area contributed by atoms with E-state index < -0.39 is 11.8 Å². The van der Waals surface area contributed by atoms with Gasteiger partial charge in [-0.3, -0.25) is 14.6 Å². The van der Waals surface area contributed by atoms with Crippen molar-refractivity contribution in [3.8, 4) is 17.2 Å². The van der Waals surface area contributed by atoms with E-state index in [1.54, 1.807) is 33.1 Å². The van der Waals surface area contributed by atoms with Crippen LogP contribution in [0, 0.1) is 5.92 Å². The number of benzene rings is 2. The minimum atomic E-state index is -0.722. The lowest BCUT2D eigenvalue weighted by Crippen LogP contribution is -2.38. The van der Waals surface area contributed by atoms with Gasteiger partial charge in [0.25, 0.3) is 0 Å². The van der Waals surface area contributed by atoms with Gasteiger partial charge in [0, 0.05) is 45.1 Å². The SMILES string of the molecule is CCSCCOC(=O)C1C(C)=NC2=C(C(=O)C[C@H](c3ccc(OC)c(OC)c3)C2)[C@H]1c1cc(Br)ccc1OC. The van der Waals surface area contributed by atoms with Crippen LogP contribution in [0.2, 0.25) is 0 Å².